The fraction of sp³-hybridized carbons (Fsp3) is 0.250. The van der Waals surface area contributed by atoms with Crippen molar-refractivity contribution in [3.63, 3.8) is 0 Å². The number of anilines is 1. The maximum atomic E-state index is 12.3. The third-order valence-corrected chi connectivity index (χ3v) is 5.26. The highest BCUT2D eigenvalue weighted by atomic mass is 32.2. The Morgan fingerprint density at radius 1 is 1.07 bits per heavy atom. The average Bonchev–Trinajstić information content (AvgIpc) is 2.66. The molecular formula is C20H24N2O4S. The monoisotopic (exact) mass is 388 g/mol. The summed E-state index contributed by atoms with van der Waals surface area (Å²) in [5, 5.41) is 2.76. The first-order valence-corrected chi connectivity index (χ1v) is 10.0. The third-order valence-electron chi connectivity index (χ3n) is 3.78. The van der Waals surface area contributed by atoms with Crippen LogP contribution in [-0.4, -0.2) is 34.6 Å². The van der Waals surface area contributed by atoms with E-state index in [2.05, 4.69) is 10.0 Å². The largest absolute Gasteiger partial charge is 0.385 e. The molecule has 0 aliphatic rings. The summed E-state index contributed by atoms with van der Waals surface area (Å²) in [5.41, 5.74) is 2.02. The highest BCUT2D eigenvalue weighted by Gasteiger charge is 2.13. The van der Waals surface area contributed by atoms with Gasteiger partial charge in [0.25, 0.3) is 5.91 Å². The van der Waals surface area contributed by atoms with Gasteiger partial charge in [0.05, 0.1) is 4.90 Å². The molecule has 0 spiro atoms. The van der Waals surface area contributed by atoms with E-state index in [0.29, 0.717) is 30.8 Å². The summed E-state index contributed by atoms with van der Waals surface area (Å²) < 4.78 is 31.8. The van der Waals surface area contributed by atoms with Crippen LogP contribution in [0.3, 0.4) is 0 Å². The average molecular weight is 388 g/mol. The Balaban J connectivity index is 1.98. The lowest BCUT2D eigenvalue weighted by atomic mass is 10.1. The summed E-state index contributed by atoms with van der Waals surface area (Å²) >= 11 is 0. The summed E-state index contributed by atoms with van der Waals surface area (Å²) in [4.78, 5) is 12.4. The zero-order valence-corrected chi connectivity index (χ0v) is 16.3. The van der Waals surface area contributed by atoms with Crippen LogP contribution in [0.4, 0.5) is 5.69 Å². The predicted octanol–water partition coefficient (Wildman–Crippen LogP) is 3.04. The van der Waals surface area contributed by atoms with Crippen LogP contribution in [0.5, 0.6) is 0 Å². The van der Waals surface area contributed by atoms with E-state index in [1.54, 1.807) is 32.2 Å². The molecular weight excluding hydrogens is 364 g/mol. The minimum Gasteiger partial charge on any atom is -0.385 e. The van der Waals surface area contributed by atoms with Crippen LogP contribution in [0.1, 0.15) is 18.9 Å². The molecule has 0 aliphatic carbocycles. The van der Waals surface area contributed by atoms with E-state index in [1.165, 1.54) is 12.1 Å². The molecule has 2 rings (SSSR count). The van der Waals surface area contributed by atoms with Crippen molar-refractivity contribution in [1.29, 1.82) is 0 Å². The fourth-order valence-electron chi connectivity index (χ4n) is 2.32. The van der Waals surface area contributed by atoms with Gasteiger partial charge in [0, 0.05) is 31.5 Å². The SMILES string of the molecule is COCCCNS(=O)(=O)c1ccc(NC(=O)/C(C)=C/c2ccccc2)cc1. The molecule has 2 N–H and O–H groups in total. The number of hydrogen-bond donors (Lipinski definition) is 2. The molecule has 0 saturated carbocycles. The molecule has 0 aliphatic heterocycles. The highest BCUT2D eigenvalue weighted by molar-refractivity contribution is 7.89. The molecule has 2 aromatic rings. The molecule has 7 heteroatoms. The number of amides is 1. The topological polar surface area (TPSA) is 84.5 Å². The van der Waals surface area contributed by atoms with Gasteiger partial charge in [-0.05, 0) is 49.2 Å². The first-order chi connectivity index (χ1) is 12.9. The lowest BCUT2D eigenvalue weighted by Gasteiger charge is -2.09. The second-order valence-electron chi connectivity index (χ2n) is 5.96. The lowest BCUT2D eigenvalue weighted by molar-refractivity contribution is -0.112. The number of carbonyl (C=O) groups excluding carboxylic acids is 1. The molecule has 0 atom stereocenters. The Morgan fingerprint density at radius 2 is 1.74 bits per heavy atom. The predicted molar refractivity (Wildman–Crippen MR) is 107 cm³/mol. The van der Waals surface area contributed by atoms with Gasteiger partial charge in [-0.25, -0.2) is 13.1 Å². The molecule has 2 aromatic carbocycles. The maximum Gasteiger partial charge on any atom is 0.251 e. The molecule has 0 radical (unpaired) electrons. The van der Waals surface area contributed by atoms with Crippen molar-refractivity contribution < 1.29 is 17.9 Å². The summed E-state index contributed by atoms with van der Waals surface area (Å²) in [6.07, 6.45) is 2.38. The Hall–Kier alpha value is -2.48. The van der Waals surface area contributed by atoms with E-state index < -0.39 is 10.0 Å². The van der Waals surface area contributed by atoms with Gasteiger partial charge in [-0.3, -0.25) is 4.79 Å². The van der Waals surface area contributed by atoms with E-state index in [9.17, 15) is 13.2 Å². The lowest BCUT2D eigenvalue weighted by Crippen LogP contribution is -2.25. The van der Waals surface area contributed by atoms with Crippen molar-refractivity contribution in [1.82, 2.24) is 4.72 Å². The van der Waals surface area contributed by atoms with Gasteiger partial charge in [0.1, 0.15) is 0 Å². The Morgan fingerprint density at radius 3 is 2.37 bits per heavy atom. The van der Waals surface area contributed by atoms with Gasteiger partial charge < -0.3 is 10.1 Å². The summed E-state index contributed by atoms with van der Waals surface area (Å²) in [7, 11) is -2.00. The molecule has 0 aromatic heterocycles. The number of sulfonamides is 1. The molecule has 0 bridgehead atoms. The van der Waals surface area contributed by atoms with Crippen molar-refractivity contribution in [2.75, 3.05) is 25.6 Å². The number of nitrogens with one attached hydrogen (secondary N) is 2. The first-order valence-electron chi connectivity index (χ1n) is 8.56. The smallest absolute Gasteiger partial charge is 0.251 e. The normalized spacial score (nSPS) is 12.0. The van der Waals surface area contributed by atoms with E-state index in [0.717, 1.165) is 5.56 Å². The van der Waals surface area contributed by atoms with Gasteiger partial charge in [0.15, 0.2) is 0 Å². The van der Waals surface area contributed by atoms with Crippen molar-refractivity contribution in [2.24, 2.45) is 0 Å². The number of ether oxygens (including phenoxy) is 1. The number of hydrogen-bond acceptors (Lipinski definition) is 4. The Kier molecular flexibility index (Phi) is 7.72. The van der Waals surface area contributed by atoms with Crippen molar-refractivity contribution in [3.8, 4) is 0 Å². The quantitative estimate of drug-likeness (QED) is 0.511. The van der Waals surface area contributed by atoms with E-state index in [4.69, 9.17) is 4.74 Å². The second kappa shape index (κ2) is 10.0. The van der Waals surface area contributed by atoms with Crippen LogP contribution in [0.2, 0.25) is 0 Å². The molecule has 1 amide bonds. The molecule has 0 fully saturated rings. The number of benzene rings is 2. The van der Waals surface area contributed by atoms with E-state index in [1.807, 2.05) is 30.3 Å². The molecule has 144 valence electrons. The number of rotatable bonds is 9. The number of methoxy groups -OCH3 is 1. The van der Waals surface area contributed by atoms with Crippen molar-refractivity contribution in [2.45, 2.75) is 18.2 Å². The van der Waals surface area contributed by atoms with Crippen molar-refractivity contribution in [3.05, 3.63) is 65.7 Å². The molecule has 0 heterocycles. The first kappa shape index (κ1) is 20.8. The molecule has 0 saturated heterocycles. The maximum absolute atomic E-state index is 12.3. The van der Waals surface area contributed by atoms with Crippen LogP contribution >= 0.6 is 0 Å². The van der Waals surface area contributed by atoms with Crippen molar-refractivity contribution >= 4 is 27.7 Å². The van der Waals surface area contributed by atoms with E-state index in [-0.39, 0.29) is 10.8 Å². The highest BCUT2D eigenvalue weighted by Crippen LogP contribution is 2.15. The fourth-order valence-corrected chi connectivity index (χ4v) is 3.39. The Labute approximate surface area is 160 Å². The molecule has 6 nitrogen and oxygen atoms in total. The van der Waals surface area contributed by atoms with Crippen LogP contribution < -0.4 is 10.0 Å². The number of carbonyl (C=O) groups is 1. The zero-order valence-electron chi connectivity index (χ0n) is 15.4. The van der Waals surface area contributed by atoms with E-state index >= 15 is 0 Å². The minimum atomic E-state index is -3.57. The van der Waals surface area contributed by atoms with Gasteiger partial charge in [0.2, 0.25) is 10.0 Å². The van der Waals surface area contributed by atoms with Crippen LogP contribution in [0.15, 0.2) is 65.1 Å². The van der Waals surface area contributed by atoms with Gasteiger partial charge in [-0.2, -0.15) is 0 Å². The van der Waals surface area contributed by atoms with Gasteiger partial charge in [-0.1, -0.05) is 30.3 Å². The minimum absolute atomic E-state index is 0.148. The van der Waals surface area contributed by atoms with Crippen LogP contribution in [0.25, 0.3) is 6.08 Å². The Bertz CT molecular complexity index is 876. The zero-order chi connectivity index (χ0) is 19.7. The third kappa shape index (κ3) is 6.63. The summed E-state index contributed by atoms with van der Waals surface area (Å²) in [5.74, 6) is -0.243. The van der Waals surface area contributed by atoms with Crippen LogP contribution in [0, 0.1) is 0 Å². The van der Waals surface area contributed by atoms with Gasteiger partial charge in [-0.15, -0.1) is 0 Å². The molecule has 0 unspecified atom stereocenters. The summed E-state index contributed by atoms with van der Waals surface area (Å²) in [6.45, 7) is 2.52. The van der Waals surface area contributed by atoms with Gasteiger partial charge >= 0.3 is 0 Å². The molecule has 27 heavy (non-hydrogen) atoms. The summed E-state index contributed by atoms with van der Waals surface area (Å²) in [6, 6.07) is 15.6. The van der Waals surface area contributed by atoms with Crippen LogP contribution in [-0.2, 0) is 19.6 Å². The second-order valence-corrected chi connectivity index (χ2v) is 7.73. The standard InChI is InChI=1S/C20H24N2O4S/c1-16(15-17-7-4-3-5-8-17)20(23)22-18-9-11-19(12-10-18)27(24,25)21-13-6-14-26-2/h3-5,7-12,15,21H,6,13-14H2,1-2H3,(H,22,23)/b16-15+.